The topological polar surface area (TPSA) is 24.9 Å². The second-order valence-corrected chi connectivity index (χ2v) is 7.63. The molecule has 0 saturated heterocycles. The quantitative estimate of drug-likeness (QED) is 0.879. The number of thiazole rings is 1. The molecule has 2 nitrogen and oxygen atoms in total. The molecule has 0 amide bonds. The van der Waals surface area contributed by atoms with Crippen molar-refractivity contribution in [2.24, 2.45) is 0 Å². The third-order valence-electron chi connectivity index (χ3n) is 3.41. The van der Waals surface area contributed by atoms with Gasteiger partial charge in [-0.2, -0.15) is 0 Å². The van der Waals surface area contributed by atoms with Gasteiger partial charge in [-0.15, -0.1) is 11.3 Å². The first-order chi connectivity index (χ1) is 8.03. The molecule has 17 heavy (non-hydrogen) atoms. The van der Waals surface area contributed by atoms with Crippen molar-refractivity contribution in [1.29, 1.82) is 0 Å². The standard InChI is InChI=1S/C14H22N2S/c1-14(2,3)15-8-11-12(9-4-5-9)16-13(17-11)10-6-7-10/h9-10,15H,4-8H2,1-3H3. The molecule has 3 heteroatoms. The summed E-state index contributed by atoms with van der Waals surface area (Å²) >= 11 is 1.97. The van der Waals surface area contributed by atoms with Gasteiger partial charge in [0.2, 0.25) is 0 Å². The van der Waals surface area contributed by atoms with E-state index in [4.69, 9.17) is 4.98 Å². The van der Waals surface area contributed by atoms with Crippen LogP contribution in [0.25, 0.3) is 0 Å². The van der Waals surface area contributed by atoms with E-state index in [1.54, 1.807) is 0 Å². The molecule has 0 radical (unpaired) electrons. The highest BCUT2D eigenvalue weighted by atomic mass is 32.1. The second-order valence-electron chi connectivity index (χ2n) is 6.51. The fraction of sp³-hybridized carbons (Fsp3) is 0.786. The van der Waals surface area contributed by atoms with Gasteiger partial charge in [-0.3, -0.25) is 0 Å². The zero-order chi connectivity index (χ0) is 12.0. The van der Waals surface area contributed by atoms with Crippen molar-refractivity contribution in [3.05, 3.63) is 15.6 Å². The molecule has 0 unspecified atom stereocenters. The van der Waals surface area contributed by atoms with Crippen LogP contribution in [0.1, 0.15) is 73.9 Å². The van der Waals surface area contributed by atoms with Gasteiger partial charge < -0.3 is 5.32 Å². The predicted molar refractivity (Wildman–Crippen MR) is 72.7 cm³/mol. The zero-order valence-corrected chi connectivity index (χ0v) is 11.9. The fourth-order valence-electron chi connectivity index (χ4n) is 2.04. The highest BCUT2D eigenvalue weighted by Crippen LogP contribution is 2.47. The molecule has 0 bridgehead atoms. The van der Waals surface area contributed by atoms with Crippen LogP contribution in [-0.2, 0) is 6.54 Å². The molecular weight excluding hydrogens is 228 g/mol. The van der Waals surface area contributed by atoms with Crippen molar-refractivity contribution in [2.75, 3.05) is 0 Å². The zero-order valence-electron chi connectivity index (χ0n) is 11.0. The minimum atomic E-state index is 0.199. The second kappa shape index (κ2) is 4.06. The van der Waals surface area contributed by atoms with Crippen molar-refractivity contribution >= 4 is 11.3 Å². The van der Waals surface area contributed by atoms with Crippen LogP contribution in [0.5, 0.6) is 0 Å². The van der Waals surface area contributed by atoms with Gasteiger partial charge in [0.05, 0.1) is 10.7 Å². The smallest absolute Gasteiger partial charge is 0.0962 e. The highest BCUT2D eigenvalue weighted by Gasteiger charge is 2.33. The van der Waals surface area contributed by atoms with Crippen LogP contribution in [-0.4, -0.2) is 10.5 Å². The lowest BCUT2D eigenvalue weighted by molar-refractivity contribution is 0.425. The van der Waals surface area contributed by atoms with Gasteiger partial charge in [-0.05, 0) is 46.5 Å². The molecule has 3 rings (SSSR count). The molecule has 94 valence electrons. The van der Waals surface area contributed by atoms with Crippen LogP contribution in [0.3, 0.4) is 0 Å². The summed E-state index contributed by atoms with van der Waals surface area (Å²) in [5, 5.41) is 5.02. The Balaban J connectivity index is 1.76. The van der Waals surface area contributed by atoms with Gasteiger partial charge in [0, 0.05) is 28.8 Å². The lowest BCUT2D eigenvalue weighted by Gasteiger charge is -2.20. The molecule has 1 aromatic rings. The highest BCUT2D eigenvalue weighted by molar-refractivity contribution is 7.11. The number of nitrogens with zero attached hydrogens (tertiary/aromatic N) is 1. The summed E-state index contributed by atoms with van der Waals surface area (Å²) in [7, 11) is 0. The summed E-state index contributed by atoms with van der Waals surface area (Å²) < 4.78 is 0. The Labute approximate surface area is 108 Å². The van der Waals surface area contributed by atoms with Crippen LogP contribution in [0, 0.1) is 0 Å². The summed E-state index contributed by atoms with van der Waals surface area (Å²) in [4.78, 5) is 6.42. The minimum Gasteiger partial charge on any atom is -0.307 e. The van der Waals surface area contributed by atoms with E-state index >= 15 is 0 Å². The Morgan fingerprint density at radius 2 is 1.82 bits per heavy atom. The minimum absolute atomic E-state index is 0.199. The van der Waals surface area contributed by atoms with Gasteiger partial charge in [0.1, 0.15) is 0 Å². The third kappa shape index (κ3) is 2.89. The van der Waals surface area contributed by atoms with Crippen molar-refractivity contribution in [3.63, 3.8) is 0 Å². The first-order valence-electron chi connectivity index (χ1n) is 6.77. The van der Waals surface area contributed by atoms with Gasteiger partial charge >= 0.3 is 0 Å². The van der Waals surface area contributed by atoms with Crippen LogP contribution in [0.15, 0.2) is 0 Å². The van der Waals surface area contributed by atoms with Crippen molar-refractivity contribution in [2.45, 2.75) is 70.4 Å². The van der Waals surface area contributed by atoms with E-state index in [2.05, 4.69) is 26.1 Å². The van der Waals surface area contributed by atoms with Crippen LogP contribution >= 0.6 is 11.3 Å². The Hall–Kier alpha value is -0.410. The van der Waals surface area contributed by atoms with Gasteiger partial charge in [-0.1, -0.05) is 0 Å². The molecule has 1 N–H and O–H groups in total. The molecule has 0 aromatic carbocycles. The fourth-order valence-corrected chi connectivity index (χ4v) is 3.30. The number of nitrogens with one attached hydrogen (secondary N) is 1. The summed E-state index contributed by atoms with van der Waals surface area (Å²) in [6.07, 6.45) is 5.44. The van der Waals surface area contributed by atoms with E-state index in [0.717, 1.165) is 18.4 Å². The van der Waals surface area contributed by atoms with Crippen LogP contribution in [0.2, 0.25) is 0 Å². The Morgan fingerprint density at radius 1 is 1.18 bits per heavy atom. The molecule has 2 saturated carbocycles. The van der Waals surface area contributed by atoms with E-state index in [9.17, 15) is 0 Å². The van der Waals surface area contributed by atoms with E-state index < -0.39 is 0 Å². The van der Waals surface area contributed by atoms with Crippen LogP contribution < -0.4 is 5.32 Å². The number of aromatic nitrogens is 1. The van der Waals surface area contributed by atoms with Crippen LogP contribution in [0.4, 0.5) is 0 Å². The van der Waals surface area contributed by atoms with E-state index in [1.165, 1.54) is 41.3 Å². The average molecular weight is 250 g/mol. The first-order valence-corrected chi connectivity index (χ1v) is 7.59. The van der Waals surface area contributed by atoms with E-state index in [-0.39, 0.29) is 5.54 Å². The maximum Gasteiger partial charge on any atom is 0.0962 e. The van der Waals surface area contributed by atoms with Gasteiger partial charge in [0.15, 0.2) is 0 Å². The molecule has 2 aliphatic rings. The average Bonchev–Trinajstić information content (AvgIpc) is 3.11. The molecule has 0 atom stereocenters. The number of hydrogen-bond donors (Lipinski definition) is 1. The molecule has 0 spiro atoms. The lowest BCUT2D eigenvalue weighted by Crippen LogP contribution is -2.35. The molecule has 0 aliphatic heterocycles. The van der Waals surface area contributed by atoms with Crippen molar-refractivity contribution in [1.82, 2.24) is 10.3 Å². The first kappa shape index (κ1) is 11.7. The summed E-state index contributed by atoms with van der Waals surface area (Å²) in [5.74, 6) is 1.59. The largest absolute Gasteiger partial charge is 0.307 e. The molecule has 2 fully saturated rings. The summed E-state index contributed by atoms with van der Waals surface area (Å²) in [6, 6.07) is 0. The Bertz CT molecular complexity index is 408. The van der Waals surface area contributed by atoms with E-state index in [0.29, 0.717) is 0 Å². The van der Waals surface area contributed by atoms with Gasteiger partial charge in [-0.25, -0.2) is 4.98 Å². The maximum absolute atomic E-state index is 4.91. The van der Waals surface area contributed by atoms with E-state index in [1.807, 2.05) is 11.3 Å². The number of hydrogen-bond acceptors (Lipinski definition) is 3. The maximum atomic E-state index is 4.91. The molecule has 1 aromatic heterocycles. The summed E-state index contributed by atoms with van der Waals surface area (Å²) in [5.41, 5.74) is 1.62. The van der Waals surface area contributed by atoms with Crippen molar-refractivity contribution in [3.8, 4) is 0 Å². The molecule has 2 aliphatic carbocycles. The predicted octanol–water partition coefficient (Wildman–Crippen LogP) is 3.79. The lowest BCUT2D eigenvalue weighted by atomic mass is 10.1. The molecular formula is C14H22N2S. The normalized spacial score (nSPS) is 20.9. The van der Waals surface area contributed by atoms with Crippen molar-refractivity contribution < 1.29 is 0 Å². The molecule has 1 heterocycles. The monoisotopic (exact) mass is 250 g/mol. The Morgan fingerprint density at radius 3 is 2.35 bits per heavy atom. The Kier molecular flexibility index (Phi) is 2.79. The third-order valence-corrected chi connectivity index (χ3v) is 4.65. The van der Waals surface area contributed by atoms with Gasteiger partial charge in [0.25, 0.3) is 0 Å². The number of rotatable bonds is 4. The SMILES string of the molecule is CC(C)(C)NCc1sc(C2CC2)nc1C1CC1. The summed E-state index contributed by atoms with van der Waals surface area (Å²) in [6.45, 7) is 7.69.